The molecule has 0 aromatic heterocycles. The van der Waals surface area contributed by atoms with Crippen LogP contribution >= 0.6 is 0 Å². The molecule has 1 aromatic rings. The summed E-state index contributed by atoms with van der Waals surface area (Å²) in [5, 5.41) is 13.2. The van der Waals surface area contributed by atoms with Gasteiger partial charge in [0.25, 0.3) is 0 Å². The van der Waals surface area contributed by atoms with Crippen LogP contribution in [-0.2, 0) is 0 Å². The van der Waals surface area contributed by atoms with Crippen molar-refractivity contribution in [2.45, 2.75) is 62.8 Å². The number of nitrogens with one attached hydrogen (secondary N) is 1. The molecule has 9 nitrogen and oxygen atoms in total. The lowest BCUT2D eigenvalue weighted by atomic mass is 10.0. The average molecular weight is 472 g/mol. The van der Waals surface area contributed by atoms with E-state index in [-0.39, 0.29) is 36.3 Å². The van der Waals surface area contributed by atoms with Gasteiger partial charge in [-0.1, -0.05) is 12.1 Å². The van der Waals surface area contributed by atoms with Gasteiger partial charge in [-0.3, -0.25) is 0 Å². The Bertz CT molecular complexity index is 876. The van der Waals surface area contributed by atoms with Crippen LogP contribution in [0.3, 0.4) is 0 Å². The molecule has 186 valence electrons. The minimum absolute atomic E-state index is 0.0219. The normalized spacial score (nSPS) is 29.2. The highest BCUT2D eigenvalue weighted by molar-refractivity contribution is 5.77. The number of carbonyl (C=O) groups excluding carboxylic acids is 2. The molecule has 34 heavy (non-hydrogen) atoms. The van der Waals surface area contributed by atoms with Gasteiger partial charge in [0, 0.05) is 57.4 Å². The number of urea groups is 2. The standard InChI is InChI=1S/C25H37N5O4/c1-34-23-7-3-2-6-22(23)27-11-13-28(14-12-27)25(33)29-10-4-5-18(17-29)26-24(32)30-19-8-9-20(30)16-21(31)15-19/h2-3,6-7,18-21,31H,4-5,8-17H2,1H3,(H,26,32)/t18-,19?,20?,21?/m0/s1. The molecule has 1 aromatic carbocycles. The fraction of sp³-hybridized carbons (Fsp3) is 0.680. The average Bonchev–Trinajstić information content (AvgIpc) is 3.15. The maximum atomic E-state index is 13.3. The van der Waals surface area contributed by atoms with Crippen molar-refractivity contribution in [1.29, 1.82) is 0 Å². The van der Waals surface area contributed by atoms with Crippen LogP contribution in [0.25, 0.3) is 0 Å². The first kappa shape index (κ1) is 23.1. The van der Waals surface area contributed by atoms with Crippen LogP contribution in [0.4, 0.5) is 15.3 Å². The number of aliphatic hydroxyl groups is 1. The number of aliphatic hydroxyl groups excluding tert-OH is 1. The number of piperidine rings is 2. The Morgan fingerprint density at radius 3 is 2.38 bits per heavy atom. The summed E-state index contributed by atoms with van der Waals surface area (Å²) in [5.41, 5.74) is 1.07. The lowest BCUT2D eigenvalue weighted by Crippen LogP contribution is -2.59. The number of methoxy groups -OCH3 is 1. The molecule has 2 N–H and O–H groups in total. The molecule has 4 amide bonds. The first-order chi connectivity index (χ1) is 16.5. The number of benzene rings is 1. The third kappa shape index (κ3) is 4.62. The van der Waals surface area contributed by atoms with Crippen LogP contribution in [0.15, 0.2) is 24.3 Å². The second kappa shape index (κ2) is 9.90. The highest BCUT2D eigenvalue weighted by atomic mass is 16.5. The summed E-state index contributed by atoms with van der Waals surface area (Å²) in [6.45, 7) is 4.17. The third-order valence-electron chi connectivity index (χ3n) is 7.94. The molecule has 5 rings (SSSR count). The lowest BCUT2D eigenvalue weighted by molar-refractivity contribution is 0.0522. The second-order valence-electron chi connectivity index (χ2n) is 10.1. The Kier molecular flexibility index (Phi) is 6.72. The van der Waals surface area contributed by atoms with Gasteiger partial charge in [0.1, 0.15) is 5.75 Å². The van der Waals surface area contributed by atoms with E-state index in [1.54, 1.807) is 7.11 Å². The van der Waals surface area contributed by atoms with Crippen molar-refractivity contribution in [2.24, 2.45) is 0 Å². The maximum absolute atomic E-state index is 13.3. The number of anilines is 1. The zero-order valence-corrected chi connectivity index (χ0v) is 20.1. The largest absolute Gasteiger partial charge is 0.495 e. The van der Waals surface area contributed by atoms with E-state index in [0.717, 1.165) is 56.8 Å². The van der Waals surface area contributed by atoms with Crippen molar-refractivity contribution >= 4 is 17.7 Å². The number of rotatable bonds is 3. The summed E-state index contributed by atoms with van der Waals surface area (Å²) in [4.78, 5) is 34.4. The first-order valence-electron chi connectivity index (χ1n) is 12.7. The molecule has 0 spiro atoms. The topological polar surface area (TPSA) is 88.6 Å². The van der Waals surface area contributed by atoms with E-state index in [4.69, 9.17) is 4.74 Å². The smallest absolute Gasteiger partial charge is 0.320 e. The van der Waals surface area contributed by atoms with E-state index < -0.39 is 0 Å². The molecule has 4 fully saturated rings. The number of piperazine rings is 1. The van der Waals surface area contributed by atoms with Crippen molar-refractivity contribution in [3.8, 4) is 5.75 Å². The number of fused-ring (bicyclic) bond motifs is 2. The van der Waals surface area contributed by atoms with Gasteiger partial charge in [0.2, 0.25) is 0 Å². The van der Waals surface area contributed by atoms with Crippen molar-refractivity contribution in [1.82, 2.24) is 20.0 Å². The van der Waals surface area contributed by atoms with E-state index in [2.05, 4.69) is 16.3 Å². The summed E-state index contributed by atoms with van der Waals surface area (Å²) in [5.74, 6) is 0.855. The predicted molar refractivity (Wildman–Crippen MR) is 129 cm³/mol. The molecular formula is C25H37N5O4. The van der Waals surface area contributed by atoms with Crippen molar-refractivity contribution < 1.29 is 19.4 Å². The van der Waals surface area contributed by atoms with Crippen LogP contribution in [0, 0.1) is 0 Å². The zero-order valence-electron chi connectivity index (χ0n) is 20.1. The number of nitrogens with zero attached hydrogens (tertiary/aromatic N) is 4. The molecule has 0 aliphatic carbocycles. The Hall–Kier alpha value is -2.68. The number of ether oxygens (including phenoxy) is 1. The fourth-order valence-electron chi connectivity index (χ4n) is 6.23. The second-order valence-corrected chi connectivity index (χ2v) is 10.1. The molecule has 2 bridgehead atoms. The molecule has 3 atom stereocenters. The van der Waals surface area contributed by atoms with Crippen LogP contribution in [0.2, 0.25) is 0 Å². The Morgan fingerprint density at radius 2 is 1.68 bits per heavy atom. The van der Waals surface area contributed by atoms with Gasteiger partial charge in [-0.15, -0.1) is 0 Å². The summed E-state index contributed by atoms with van der Waals surface area (Å²) in [7, 11) is 1.68. The SMILES string of the molecule is COc1ccccc1N1CCN(C(=O)N2CCC[C@H](NC(=O)N3C4CCC3CC(O)C4)C2)CC1. The lowest BCUT2D eigenvalue weighted by Gasteiger charge is -2.42. The Balaban J connectivity index is 1.13. The number of hydrogen-bond acceptors (Lipinski definition) is 5. The van der Waals surface area contributed by atoms with Gasteiger partial charge < -0.3 is 34.8 Å². The molecule has 2 unspecified atom stereocenters. The first-order valence-corrected chi connectivity index (χ1v) is 12.7. The van der Waals surface area contributed by atoms with E-state index in [1.165, 1.54) is 0 Å². The summed E-state index contributed by atoms with van der Waals surface area (Å²) in [6.07, 6.45) is 4.82. The van der Waals surface area contributed by atoms with E-state index >= 15 is 0 Å². The number of hydrogen-bond donors (Lipinski definition) is 2. The molecular weight excluding hydrogens is 434 g/mol. The summed E-state index contributed by atoms with van der Waals surface area (Å²) in [6, 6.07) is 8.32. The highest BCUT2D eigenvalue weighted by Crippen LogP contribution is 2.36. The molecule has 0 radical (unpaired) electrons. The number of likely N-dealkylation sites (tertiary alicyclic amines) is 1. The number of amides is 4. The zero-order chi connectivity index (χ0) is 23.7. The van der Waals surface area contributed by atoms with Crippen LogP contribution < -0.4 is 15.0 Å². The van der Waals surface area contributed by atoms with Crippen molar-refractivity contribution in [3.63, 3.8) is 0 Å². The highest BCUT2D eigenvalue weighted by Gasteiger charge is 2.43. The van der Waals surface area contributed by atoms with E-state index in [9.17, 15) is 14.7 Å². The monoisotopic (exact) mass is 471 g/mol. The van der Waals surface area contributed by atoms with Gasteiger partial charge in [-0.25, -0.2) is 9.59 Å². The Morgan fingerprint density at radius 1 is 0.971 bits per heavy atom. The van der Waals surface area contributed by atoms with E-state index in [1.807, 2.05) is 32.9 Å². The molecule has 4 saturated heterocycles. The molecule has 4 heterocycles. The van der Waals surface area contributed by atoms with Crippen molar-refractivity contribution in [3.05, 3.63) is 24.3 Å². The maximum Gasteiger partial charge on any atom is 0.320 e. The van der Waals surface area contributed by atoms with Gasteiger partial charge in [0.05, 0.1) is 18.9 Å². The molecule has 0 saturated carbocycles. The minimum Gasteiger partial charge on any atom is -0.495 e. The van der Waals surface area contributed by atoms with Crippen LogP contribution in [-0.4, -0.2) is 102 Å². The van der Waals surface area contributed by atoms with E-state index in [0.29, 0.717) is 32.5 Å². The van der Waals surface area contributed by atoms with Gasteiger partial charge in [-0.2, -0.15) is 0 Å². The third-order valence-corrected chi connectivity index (χ3v) is 7.94. The fourth-order valence-corrected chi connectivity index (χ4v) is 6.23. The van der Waals surface area contributed by atoms with Crippen LogP contribution in [0.1, 0.15) is 38.5 Å². The molecule has 9 heteroatoms. The summed E-state index contributed by atoms with van der Waals surface area (Å²) >= 11 is 0. The quantitative estimate of drug-likeness (QED) is 0.705. The summed E-state index contributed by atoms with van der Waals surface area (Å²) < 4.78 is 5.50. The number of carbonyl (C=O) groups is 2. The van der Waals surface area contributed by atoms with Gasteiger partial charge in [0.15, 0.2) is 0 Å². The molecule has 4 aliphatic rings. The number of para-hydroxylation sites is 2. The van der Waals surface area contributed by atoms with Crippen LogP contribution in [0.5, 0.6) is 5.75 Å². The predicted octanol–water partition coefficient (Wildman–Crippen LogP) is 2.10. The van der Waals surface area contributed by atoms with Crippen molar-refractivity contribution in [2.75, 3.05) is 51.3 Å². The molecule has 4 aliphatic heterocycles. The Labute approximate surface area is 201 Å². The minimum atomic E-state index is -0.284. The van der Waals surface area contributed by atoms with Gasteiger partial charge in [-0.05, 0) is 50.7 Å². The van der Waals surface area contributed by atoms with Gasteiger partial charge >= 0.3 is 12.1 Å².